The van der Waals surface area contributed by atoms with E-state index in [0.29, 0.717) is 0 Å². The van der Waals surface area contributed by atoms with Crippen molar-refractivity contribution < 1.29 is 4.39 Å². The van der Waals surface area contributed by atoms with Gasteiger partial charge in [-0.05, 0) is 55.0 Å². The van der Waals surface area contributed by atoms with E-state index < -0.39 is 0 Å². The first-order valence-corrected chi connectivity index (χ1v) is 4.73. The van der Waals surface area contributed by atoms with E-state index in [0.717, 1.165) is 30.4 Å². The molecule has 70 valence electrons. The Morgan fingerprint density at radius 2 is 2.23 bits per heavy atom. The summed E-state index contributed by atoms with van der Waals surface area (Å²) in [7, 11) is 0. The second-order valence-electron chi connectivity index (χ2n) is 3.79. The highest BCUT2D eigenvalue weighted by Crippen LogP contribution is 2.30. The van der Waals surface area contributed by atoms with E-state index in [-0.39, 0.29) is 11.9 Å². The molecule has 0 radical (unpaired) electrons. The lowest BCUT2D eigenvalue weighted by Gasteiger charge is -2.23. The fourth-order valence-corrected chi connectivity index (χ4v) is 2.13. The van der Waals surface area contributed by atoms with Gasteiger partial charge in [-0.15, -0.1) is 0 Å². The van der Waals surface area contributed by atoms with Gasteiger partial charge in [0.1, 0.15) is 5.82 Å². The zero-order chi connectivity index (χ0) is 9.42. The van der Waals surface area contributed by atoms with Crippen molar-refractivity contribution in [2.75, 3.05) is 0 Å². The predicted octanol–water partition coefficient (Wildman–Crippen LogP) is 2.47. The molecule has 2 heteroatoms. The van der Waals surface area contributed by atoms with Gasteiger partial charge in [0, 0.05) is 6.04 Å². The van der Waals surface area contributed by atoms with Crippen molar-refractivity contribution >= 4 is 0 Å². The van der Waals surface area contributed by atoms with Crippen molar-refractivity contribution in [2.45, 2.75) is 32.2 Å². The molecule has 0 bridgehead atoms. The normalized spacial score (nSPS) is 21.3. The molecule has 2 N–H and O–H groups in total. The number of hydrogen-bond acceptors (Lipinski definition) is 1. The molecule has 1 atom stereocenters. The molecular formula is C11H14FN. The summed E-state index contributed by atoms with van der Waals surface area (Å²) in [5.74, 6) is -0.159. The second-order valence-corrected chi connectivity index (χ2v) is 3.79. The lowest BCUT2D eigenvalue weighted by atomic mass is 9.85. The van der Waals surface area contributed by atoms with Gasteiger partial charge < -0.3 is 5.73 Å². The lowest BCUT2D eigenvalue weighted by Crippen LogP contribution is -2.18. The SMILES string of the molecule is Cc1cc(F)cc2c1CCCC2N. The van der Waals surface area contributed by atoms with Crippen molar-refractivity contribution in [3.05, 3.63) is 34.6 Å². The minimum absolute atomic E-state index is 0.0400. The molecule has 1 aromatic carbocycles. The third-order valence-electron chi connectivity index (χ3n) is 2.81. The van der Waals surface area contributed by atoms with E-state index in [1.165, 1.54) is 5.56 Å². The number of halogens is 1. The minimum Gasteiger partial charge on any atom is -0.324 e. The van der Waals surface area contributed by atoms with Crippen LogP contribution >= 0.6 is 0 Å². The van der Waals surface area contributed by atoms with Gasteiger partial charge in [0.25, 0.3) is 0 Å². The van der Waals surface area contributed by atoms with Crippen LogP contribution in [0.1, 0.15) is 35.6 Å². The number of aryl methyl sites for hydroxylation is 1. The maximum atomic E-state index is 13.1. The minimum atomic E-state index is -0.159. The van der Waals surface area contributed by atoms with Crippen LogP contribution in [0.15, 0.2) is 12.1 Å². The first kappa shape index (κ1) is 8.70. The zero-order valence-electron chi connectivity index (χ0n) is 7.81. The van der Waals surface area contributed by atoms with Gasteiger partial charge in [0.05, 0.1) is 0 Å². The van der Waals surface area contributed by atoms with E-state index in [1.54, 1.807) is 12.1 Å². The largest absolute Gasteiger partial charge is 0.324 e. The summed E-state index contributed by atoms with van der Waals surface area (Å²) >= 11 is 0. The molecule has 1 unspecified atom stereocenters. The van der Waals surface area contributed by atoms with Crippen LogP contribution < -0.4 is 5.73 Å². The topological polar surface area (TPSA) is 26.0 Å². The van der Waals surface area contributed by atoms with Gasteiger partial charge in [0.15, 0.2) is 0 Å². The van der Waals surface area contributed by atoms with Crippen molar-refractivity contribution in [1.82, 2.24) is 0 Å². The third kappa shape index (κ3) is 1.46. The van der Waals surface area contributed by atoms with Gasteiger partial charge in [-0.25, -0.2) is 4.39 Å². The highest BCUT2D eigenvalue weighted by atomic mass is 19.1. The third-order valence-corrected chi connectivity index (χ3v) is 2.81. The quantitative estimate of drug-likeness (QED) is 0.650. The van der Waals surface area contributed by atoms with Crippen LogP contribution in [0.5, 0.6) is 0 Å². The molecule has 0 spiro atoms. The van der Waals surface area contributed by atoms with E-state index in [4.69, 9.17) is 5.73 Å². The van der Waals surface area contributed by atoms with E-state index >= 15 is 0 Å². The first-order chi connectivity index (χ1) is 6.18. The highest BCUT2D eigenvalue weighted by molar-refractivity contribution is 5.38. The van der Waals surface area contributed by atoms with Crippen LogP contribution in [0.2, 0.25) is 0 Å². The van der Waals surface area contributed by atoms with Crippen molar-refractivity contribution in [2.24, 2.45) is 5.73 Å². The Hall–Kier alpha value is -0.890. The summed E-state index contributed by atoms with van der Waals surface area (Å²) in [4.78, 5) is 0. The molecule has 0 amide bonds. The van der Waals surface area contributed by atoms with Crippen LogP contribution in [-0.2, 0) is 6.42 Å². The van der Waals surface area contributed by atoms with Crippen LogP contribution in [0.25, 0.3) is 0 Å². The molecule has 1 aliphatic rings. The summed E-state index contributed by atoms with van der Waals surface area (Å²) in [5, 5.41) is 0. The fraction of sp³-hybridized carbons (Fsp3) is 0.455. The van der Waals surface area contributed by atoms with Gasteiger partial charge >= 0.3 is 0 Å². The van der Waals surface area contributed by atoms with Crippen LogP contribution in [-0.4, -0.2) is 0 Å². The van der Waals surface area contributed by atoms with Crippen molar-refractivity contribution in [3.63, 3.8) is 0 Å². The van der Waals surface area contributed by atoms with Crippen LogP contribution in [0.4, 0.5) is 4.39 Å². The van der Waals surface area contributed by atoms with Crippen LogP contribution in [0.3, 0.4) is 0 Å². The van der Waals surface area contributed by atoms with E-state index in [2.05, 4.69) is 0 Å². The number of hydrogen-bond donors (Lipinski definition) is 1. The molecule has 0 fully saturated rings. The molecule has 0 heterocycles. The summed E-state index contributed by atoms with van der Waals surface area (Å²) in [6.07, 6.45) is 3.16. The lowest BCUT2D eigenvalue weighted by molar-refractivity contribution is 0.554. The first-order valence-electron chi connectivity index (χ1n) is 4.73. The fourth-order valence-electron chi connectivity index (χ4n) is 2.13. The number of rotatable bonds is 0. The smallest absolute Gasteiger partial charge is 0.123 e. The molecule has 1 nitrogen and oxygen atoms in total. The predicted molar refractivity (Wildman–Crippen MR) is 51.0 cm³/mol. The monoisotopic (exact) mass is 179 g/mol. The molecule has 1 aromatic rings. The summed E-state index contributed by atoms with van der Waals surface area (Å²) in [6.45, 7) is 1.96. The molecule has 0 aliphatic heterocycles. The molecule has 0 saturated carbocycles. The Kier molecular flexibility index (Phi) is 2.08. The Labute approximate surface area is 77.8 Å². The molecule has 2 rings (SSSR count). The molecular weight excluding hydrogens is 165 g/mol. The Morgan fingerprint density at radius 3 is 3.00 bits per heavy atom. The average molecular weight is 179 g/mol. The van der Waals surface area contributed by atoms with Gasteiger partial charge in [-0.3, -0.25) is 0 Å². The molecule has 0 aromatic heterocycles. The Bertz CT molecular complexity index is 333. The Morgan fingerprint density at radius 1 is 1.46 bits per heavy atom. The Balaban J connectivity index is 2.56. The summed E-state index contributed by atoms with van der Waals surface area (Å²) < 4.78 is 13.1. The van der Waals surface area contributed by atoms with E-state index in [9.17, 15) is 4.39 Å². The standard InChI is InChI=1S/C11H14FN/c1-7-5-8(12)6-10-9(7)3-2-4-11(10)13/h5-6,11H,2-4,13H2,1H3. The van der Waals surface area contributed by atoms with Gasteiger partial charge in [-0.2, -0.15) is 0 Å². The molecule has 1 aliphatic carbocycles. The summed E-state index contributed by atoms with van der Waals surface area (Å²) in [6, 6.07) is 3.22. The zero-order valence-corrected chi connectivity index (χ0v) is 7.81. The molecule has 0 saturated heterocycles. The maximum absolute atomic E-state index is 13.1. The number of fused-ring (bicyclic) bond motifs is 1. The van der Waals surface area contributed by atoms with Gasteiger partial charge in [-0.1, -0.05) is 0 Å². The number of benzene rings is 1. The highest BCUT2D eigenvalue weighted by Gasteiger charge is 2.18. The maximum Gasteiger partial charge on any atom is 0.123 e. The number of nitrogens with two attached hydrogens (primary N) is 1. The second kappa shape index (κ2) is 3.11. The summed E-state index contributed by atoms with van der Waals surface area (Å²) in [5.41, 5.74) is 9.25. The molecule has 13 heavy (non-hydrogen) atoms. The van der Waals surface area contributed by atoms with E-state index in [1.807, 2.05) is 6.92 Å². The van der Waals surface area contributed by atoms with Gasteiger partial charge in [0.2, 0.25) is 0 Å². The van der Waals surface area contributed by atoms with Crippen molar-refractivity contribution in [3.8, 4) is 0 Å². The average Bonchev–Trinajstić information content (AvgIpc) is 2.07. The van der Waals surface area contributed by atoms with Crippen LogP contribution in [0, 0.1) is 12.7 Å². The van der Waals surface area contributed by atoms with Crippen molar-refractivity contribution in [1.29, 1.82) is 0 Å².